The molecule has 0 aliphatic rings. The highest BCUT2D eigenvalue weighted by Gasteiger charge is 2.15. The topological polar surface area (TPSA) is 98.9 Å². The number of benzene rings is 1. The summed E-state index contributed by atoms with van der Waals surface area (Å²) in [5.74, 6) is -0.323. The van der Waals surface area contributed by atoms with Crippen LogP contribution in [0, 0.1) is 0 Å². The Morgan fingerprint density at radius 2 is 1.93 bits per heavy atom. The van der Waals surface area contributed by atoms with E-state index in [0.717, 1.165) is 10.6 Å². The molecule has 0 spiro atoms. The van der Waals surface area contributed by atoms with Crippen molar-refractivity contribution in [2.24, 2.45) is 0 Å². The zero-order chi connectivity index (χ0) is 20.4. The maximum atomic E-state index is 12.8. The monoisotopic (exact) mass is 407 g/mol. The summed E-state index contributed by atoms with van der Waals surface area (Å²) in [6, 6.07) is 12.9. The van der Waals surface area contributed by atoms with Gasteiger partial charge in [0, 0.05) is 11.8 Å². The molecule has 0 aliphatic heterocycles. The molecule has 0 bridgehead atoms. The number of carbonyl (C=O) groups excluding carboxylic acids is 2. The summed E-state index contributed by atoms with van der Waals surface area (Å²) in [5, 5.41) is 7.31. The zero-order valence-electron chi connectivity index (χ0n) is 15.5. The van der Waals surface area contributed by atoms with Gasteiger partial charge in [-0.1, -0.05) is 18.2 Å². The summed E-state index contributed by atoms with van der Waals surface area (Å²) in [4.78, 5) is 42.1. The third-order valence-corrected chi connectivity index (χ3v) is 5.44. The Bertz CT molecular complexity index is 1260. The van der Waals surface area contributed by atoms with Crippen LogP contribution in [0.2, 0.25) is 0 Å². The predicted molar refractivity (Wildman–Crippen MR) is 109 cm³/mol. The predicted octanol–water partition coefficient (Wildman–Crippen LogP) is 2.16. The van der Waals surface area contributed by atoms with E-state index < -0.39 is 0 Å². The Morgan fingerprint density at radius 1 is 1.14 bits per heavy atom. The maximum Gasteiger partial charge on any atom is 0.264 e. The van der Waals surface area contributed by atoms with Crippen LogP contribution in [-0.2, 0) is 17.9 Å². The van der Waals surface area contributed by atoms with Gasteiger partial charge in [-0.05, 0) is 24.3 Å². The second kappa shape index (κ2) is 7.80. The number of nitrogens with one attached hydrogen (secondary N) is 1. The van der Waals surface area contributed by atoms with Crippen LogP contribution in [-0.4, -0.2) is 31.0 Å². The highest BCUT2D eigenvalue weighted by atomic mass is 32.1. The average molecular weight is 407 g/mol. The third-order valence-electron chi connectivity index (χ3n) is 4.32. The molecule has 146 valence electrons. The SMILES string of the molecule is CC(=O)NCc1ccc(C(=O)Cn2cnc3c(cnn3-c3ccccc3)c2=O)s1. The number of hydrogen-bond donors (Lipinski definition) is 1. The number of rotatable bonds is 6. The van der Waals surface area contributed by atoms with Gasteiger partial charge in [0.1, 0.15) is 11.7 Å². The van der Waals surface area contributed by atoms with E-state index in [1.165, 1.54) is 35.4 Å². The molecule has 3 heterocycles. The summed E-state index contributed by atoms with van der Waals surface area (Å²) < 4.78 is 2.88. The Kier molecular flexibility index (Phi) is 5.05. The summed E-state index contributed by atoms with van der Waals surface area (Å²) in [5.41, 5.74) is 0.924. The molecule has 1 amide bonds. The average Bonchev–Trinajstić information content (AvgIpc) is 3.36. The molecule has 0 aliphatic carbocycles. The van der Waals surface area contributed by atoms with Gasteiger partial charge in [0.05, 0.1) is 29.9 Å². The number of ketones is 1. The van der Waals surface area contributed by atoms with Gasteiger partial charge in [0.2, 0.25) is 5.91 Å². The fourth-order valence-corrected chi connectivity index (χ4v) is 3.76. The summed E-state index contributed by atoms with van der Waals surface area (Å²) >= 11 is 1.30. The third kappa shape index (κ3) is 3.85. The summed E-state index contributed by atoms with van der Waals surface area (Å²) in [7, 11) is 0. The zero-order valence-corrected chi connectivity index (χ0v) is 16.3. The molecule has 0 unspecified atom stereocenters. The molecule has 0 saturated heterocycles. The first-order valence-electron chi connectivity index (χ1n) is 8.88. The first-order chi connectivity index (χ1) is 14.0. The van der Waals surface area contributed by atoms with E-state index in [9.17, 15) is 14.4 Å². The molecule has 1 aromatic carbocycles. The number of para-hydroxylation sites is 1. The molecule has 4 rings (SSSR count). The lowest BCUT2D eigenvalue weighted by Crippen LogP contribution is -2.24. The molecule has 9 heteroatoms. The van der Waals surface area contributed by atoms with Crippen molar-refractivity contribution in [2.75, 3.05) is 0 Å². The highest BCUT2D eigenvalue weighted by molar-refractivity contribution is 7.14. The Balaban J connectivity index is 1.57. The first kappa shape index (κ1) is 18.8. The van der Waals surface area contributed by atoms with Crippen molar-refractivity contribution in [3.05, 3.63) is 75.1 Å². The van der Waals surface area contributed by atoms with Crippen LogP contribution in [0.1, 0.15) is 21.5 Å². The number of amides is 1. The van der Waals surface area contributed by atoms with Gasteiger partial charge in [-0.15, -0.1) is 11.3 Å². The van der Waals surface area contributed by atoms with E-state index in [1.807, 2.05) is 30.3 Å². The fraction of sp³-hybridized carbons (Fsp3) is 0.150. The number of hydrogen-bond acceptors (Lipinski definition) is 6. The van der Waals surface area contributed by atoms with Crippen molar-refractivity contribution in [1.82, 2.24) is 24.6 Å². The minimum Gasteiger partial charge on any atom is -0.351 e. The molecule has 0 saturated carbocycles. The van der Waals surface area contributed by atoms with E-state index in [4.69, 9.17) is 0 Å². The number of nitrogens with zero attached hydrogens (tertiary/aromatic N) is 4. The Morgan fingerprint density at radius 3 is 2.69 bits per heavy atom. The second-order valence-corrected chi connectivity index (χ2v) is 7.57. The molecular formula is C20H17N5O3S. The van der Waals surface area contributed by atoms with E-state index >= 15 is 0 Å². The number of fused-ring (bicyclic) bond motifs is 1. The van der Waals surface area contributed by atoms with Crippen LogP contribution in [0.3, 0.4) is 0 Å². The van der Waals surface area contributed by atoms with Crippen molar-refractivity contribution in [3.8, 4) is 5.69 Å². The van der Waals surface area contributed by atoms with Crippen LogP contribution in [0.25, 0.3) is 16.7 Å². The maximum absolute atomic E-state index is 12.8. The second-order valence-electron chi connectivity index (χ2n) is 6.41. The molecule has 4 aromatic rings. The number of thiophene rings is 1. The first-order valence-corrected chi connectivity index (χ1v) is 9.69. The summed E-state index contributed by atoms with van der Waals surface area (Å²) in [6.07, 6.45) is 2.84. The van der Waals surface area contributed by atoms with Gasteiger partial charge < -0.3 is 5.32 Å². The Hall–Kier alpha value is -3.59. The quantitative estimate of drug-likeness (QED) is 0.494. The van der Waals surface area contributed by atoms with Crippen molar-refractivity contribution in [2.45, 2.75) is 20.0 Å². The molecular weight excluding hydrogens is 390 g/mol. The number of aromatic nitrogens is 4. The van der Waals surface area contributed by atoms with Gasteiger partial charge in [-0.2, -0.15) is 5.10 Å². The van der Waals surface area contributed by atoms with Crippen LogP contribution in [0.4, 0.5) is 0 Å². The van der Waals surface area contributed by atoms with Gasteiger partial charge >= 0.3 is 0 Å². The van der Waals surface area contributed by atoms with E-state index in [-0.39, 0.29) is 23.8 Å². The van der Waals surface area contributed by atoms with Gasteiger partial charge in [-0.25, -0.2) is 9.67 Å². The van der Waals surface area contributed by atoms with Gasteiger partial charge in [-0.3, -0.25) is 19.0 Å². The van der Waals surface area contributed by atoms with Crippen molar-refractivity contribution >= 4 is 34.1 Å². The van der Waals surface area contributed by atoms with E-state index in [0.29, 0.717) is 22.5 Å². The van der Waals surface area contributed by atoms with Crippen LogP contribution < -0.4 is 10.9 Å². The lowest BCUT2D eigenvalue weighted by molar-refractivity contribution is -0.119. The molecule has 0 fully saturated rings. The van der Waals surface area contributed by atoms with E-state index in [1.54, 1.807) is 16.8 Å². The molecule has 3 aromatic heterocycles. The van der Waals surface area contributed by atoms with Crippen molar-refractivity contribution in [1.29, 1.82) is 0 Å². The van der Waals surface area contributed by atoms with Crippen LogP contribution in [0.5, 0.6) is 0 Å². The summed E-state index contributed by atoms with van der Waals surface area (Å²) in [6.45, 7) is 1.70. The fourth-order valence-electron chi connectivity index (χ4n) is 2.89. The molecule has 1 N–H and O–H groups in total. The largest absolute Gasteiger partial charge is 0.351 e. The van der Waals surface area contributed by atoms with Crippen LogP contribution >= 0.6 is 11.3 Å². The van der Waals surface area contributed by atoms with Crippen molar-refractivity contribution < 1.29 is 9.59 Å². The normalized spacial score (nSPS) is 10.9. The number of carbonyl (C=O) groups is 2. The lowest BCUT2D eigenvalue weighted by Gasteiger charge is -2.05. The minimum absolute atomic E-state index is 0.113. The lowest BCUT2D eigenvalue weighted by atomic mass is 10.3. The smallest absolute Gasteiger partial charge is 0.264 e. The number of Topliss-reactive ketones (excluding diaryl/α,β-unsaturated/α-hetero) is 1. The van der Waals surface area contributed by atoms with Gasteiger partial charge in [0.25, 0.3) is 5.56 Å². The minimum atomic E-state index is -0.319. The highest BCUT2D eigenvalue weighted by Crippen LogP contribution is 2.18. The molecule has 0 atom stereocenters. The molecule has 0 radical (unpaired) electrons. The molecule has 29 heavy (non-hydrogen) atoms. The van der Waals surface area contributed by atoms with E-state index in [2.05, 4.69) is 15.4 Å². The van der Waals surface area contributed by atoms with Crippen molar-refractivity contribution in [3.63, 3.8) is 0 Å². The Labute approximate surface area is 169 Å². The molecule has 8 nitrogen and oxygen atoms in total. The standard InChI is InChI=1S/C20H17N5O3S/c1-13(26)21-9-15-7-8-18(29-15)17(27)11-24-12-22-19-16(20(24)28)10-23-25(19)14-5-3-2-4-6-14/h2-8,10,12H,9,11H2,1H3,(H,21,26). The van der Waals surface area contributed by atoms with Gasteiger partial charge in [0.15, 0.2) is 11.4 Å². The van der Waals surface area contributed by atoms with Crippen LogP contribution in [0.15, 0.2) is 59.8 Å².